The Balaban J connectivity index is 2.19. The zero-order chi connectivity index (χ0) is 21.7. The minimum Gasteiger partial charge on any atom is -0.502 e. The Morgan fingerprint density at radius 1 is 0.733 bits per heavy atom. The molecule has 2 heterocycles. The van der Waals surface area contributed by atoms with Crippen LogP contribution in [-0.4, -0.2) is 40.7 Å². The van der Waals surface area contributed by atoms with Crippen LogP contribution in [0.4, 0.5) is 0 Å². The summed E-state index contributed by atoms with van der Waals surface area (Å²) < 4.78 is 34.7. The van der Waals surface area contributed by atoms with E-state index in [1.807, 2.05) is 12.1 Å². The molecule has 0 radical (unpaired) electrons. The fourth-order valence-electron chi connectivity index (χ4n) is 4.81. The molecular formula is C23H28O7. The van der Waals surface area contributed by atoms with E-state index >= 15 is 0 Å². The van der Waals surface area contributed by atoms with Gasteiger partial charge in [-0.15, -0.1) is 0 Å². The van der Waals surface area contributed by atoms with Crippen LogP contribution in [0.15, 0.2) is 12.1 Å². The van der Waals surface area contributed by atoms with Crippen molar-refractivity contribution in [2.75, 3.05) is 35.5 Å². The first-order valence-electron chi connectivity index (χ1n) is 9.89. The molecule has 0 amide bonds. The SMILES string of the molecule is COc1cc2c(c(OC)c1O)[C@H]1O[C@@H](c3cc(OC)c(OC)c(OC)c3-2)C(C)C1C. The van der Waals surface area contributed by atoms with E-state index in [4.69, 9.17) is 28.4 Å². The molecule has 2 aromatic carbocycles. The number of fused-ring (bicyclic) bond motifs is 7. The molecule has 30 heavy (non-hydrogen) atoms. The highest BCUT2D eigenvalue weighted by atomic mass is 16.5. The lowest BCUT2D eigenvalue weighted by atomic mass is 9.77. The Labute approximate surface area is 176 Å². The van der Waals surface area contributed by atoms with Crippen molar-refractivity contribution < 1.29 is 33.5 Å². The summed E-state index contributed by atoms with van der Waals surface area (Å²) in [5.74, 6) is 2.63. The van der Waals surface area contributed by atoms with E-state index < -0.39 is 0 Å². The van der Waals surface area contributed by atoms with E-state index in [-0.39, 0.29) is 29.8 Å². The van der Waals surface area contributed by atoms with Crippen LogP contribution >= 0.6 is 0 Å². The Morgan fingerprint density at radius 3 is 1.90 bits per heavy atom. The van der Waals surface area contributed by atoms with Gasteiger partial charge in [-0.05, 0) is 35.1 Å². The molecule has 7 heteroatoms. The monoisotopic (exact) mass is 416 g/mol. The van der Waals surface area contributed by atoms with Crippen molar-refractivity contribution in [2.45, 2.75) is 26.1 Å². The zero-order valence-electron chi connectivity index (χ0n) is 18.4. The van der Waals surface area contributed by atoms with Crippen LogP contribution in [0.1, 0.15) is 37.2 Å². The first-order chi connectivity index (χ1) is 14.4. The van der Waals surface area contributed by atoms with Crippen molar-refractivity contribution >= 4 is 0 Å². The van der Waals surface area contributed by atoms with Crippen molar-refractivity contribution in [2.24, 2.45) is 11.8 Å². The predicted molar refractivity (Wildman–Crippen MR) is 111 cm³/mol. The Kier molecular flexibility index (Phi) is 5.10. The number of aromatic hydroxyl groups is 1. The highest BCUT2D eigenvalue weighted by Gasteiger charge is 2.48. The normalized spacial score (nSPS) is 23.8. The van der Waals surface area contributed by atoms with Crippen LogP contribution in [0, 0.1) is 11.8 Å². The van der Waals surface area contributed by atoms with Crippen molar-refractivity contribution in [3.8, 4) is 45.6 Å². The summed E-state index contributed by atoms with van der Waals surface area (Å²) in [7, 11) is 7.82. The van der Waals surface area contributed by atoms with Crippen molar-refractivity contribution in [3.05, 3.63) is 23.3 Å². The molecule has 2 aliphatic rings. The number of ether oxygens (including phenoxy) is 6. The number of phenolic OH excluding ortho intramolecular Hbond substituents is 1. The maximum atomic E-state index is 10.8. The van der Waals surface area contributed by atoms with E-state index in [0.29, 0.717) is 28.7 Å². The fraction of sp³-hybridized carbons (Fsp3) is 0.478. The first-order valence-corrected chi connectivity index (χ1v) is 9.89. The number of hydrogen-bond donors (Lipinski definition) is 1. The molecule has 7 nitrogen and oxygen atoms in total. The Hall–Kier alpha value is -2.80. The van der Waals surface area contributed by atoms with Gasteiger partial charge in [0.15, 0.2) is 23.0 Å². The molecule has 1 fully saturated rings. The molecule has 0 spiro atoms. The summed E-state index contributed by atoms with van der Waals surface area (Å²) >= 11 is 0. The molecule has 4 atom stereocenters. The van der Waals surface area contributed by atoms with Gasteiger partial charge in [-0.25, -0.2) is 0 Å². The number of benzene rings is 2. The third-order valence-corrected chi connectivity index (χ3v) is 6.48. The van der Waals surface area contributed by atoms with Crippen molar-refractivity contribution in [1.29, 1.82) is 0 Å². The molecule has 1 N–H and O–H groups in total. The molecule has 2 bridgehead atoms. The quantitative estimate of drug-likeness (QED) is 0.769. The molecule has 162 valence electrons. The fourth-order valence-corrected chi connectivity index (χ4v) is 4.81. The summed E-state index contributed by atoms with van der Waals surface area (Å²) in [6.45, 7) is 4.33. The van der Waals surface area contributed by atoms with E-state index in [0.717, 1.165) is 22.3 Å². The van der Waals surface area contributed by atoms with E-state index in [2.05, 4.69) is 13.8 Å². The second-order valence-corrected chi connectivity index (χ2v) is 7.73. The van der Waals surface area contributed by atoms with Gasteiger partial charge in [0.2, 0.25) is 11.5 Å². The smallest absolute Gasteiger partial charge is 0.203 e. The average molecular weight is 416 g/mol. The third kappa shape index (κ3) is 2.61. The van der Waals surface area contributed by atoms with Gasteiger partial charge in [0, 0.05) is 11.1 Å². The van der Waals surface area contributed by atoms with Crippen LogP contribution in [0.2, 0.25) is 0 Å². The van der Waals surface area contributed by atoms with Gasteiger partial charge < -0.3 is 33.5 Å². The summed E-state index contributed by atoms with van der Waals surface area (Å²) in [5.41, 5.74) is 3.37. The van der Waals surface area contributed by atoms with E-state index in [1.54, 1.807) is 21.3 Å². The largest absolute Gasteiger partial charge is 0.502 e. The summed E-state index contributed by atoms with van der Waals surface area (Å²) in [6.07, 6.45) is -0.445. The zero-order valence-corrected chi connectivity index (χ0v) is 18.4. The molecule has 2 aliphatic heterocycles. The lowest BCUT2D eigenvalue weighted by molar-refractivity contribution is 0.0299. The van der Waals surface area contributed by atoms with Gasteiger partial charge in [-0.1, -0.05) is 13.8 Å². The molecule has 2 aromatic rings. The van der Waals surface area contributed by atoms with Crippen LogP contribution in [0.5, 0.6) is 34.5 Å². The molecular weight excluding hydrogens is 388 g/mol. The predicted octanol–water partition coefficient (Wildman–Crippen LogP) is 4.50. The lowest BCUT2D eigenvalue weighted by Crippen LogP contribution is -2.15. The topological polar surface area (TPSA) is 75.6 Å². The number of phenols is 1. The number of rotatable bonds is 5. The summed E-state index contributed by atoms with van der Waals surface area (Å²) in [6, 6.07) is 3.76. The standard InChI is InChI=1S/C23H28O7/c1-10-11(2)20-17-12(8-14(25-3)18(24)22(17)28-6)16-13(19(10)30-20)9-15(26-4)21(27-5)23(16)29-7/h8-11,19-20,24H,1-7H3/t10?,11?,19-,20+/m1/s1. The van der Waals surface area contributed by atoms with Gasteiger partial charge in [-0.3, -0.25) is 0 Å². The maximum absolute atomic E-state index is 10.8. The van der Waals surface area contributed by atoms with E-state index in [9.17, 15) is 5.11 Å². The molecule has 2 unspecified atom stereocenters. The highest BCUT2D eigenvalue weighted by molar-refractivity contribution is 5.86. The highest BCUT2D eigenvalue weighted by Crippen LogP contribution is 2.63. The average Bonchev–Trinajstić information content (AvgIpc) is 2.97. The molecule has 0 aromatic heterocycles. The first kappa shape index (κ1) is 20.5. The van der Waals surface area contributed by atoms with Crippen LogP contribution < -0.4 is 23.7 Å². The second kappa shape index (κ2) is 7.47. The van der Waals surface area contributed by atoms with Gasteiger partial charge in [0.25, 0.3) is 0 Å². The molecule has 4 rings (SSSR count). The second-order valence-electron chi connectivity index (χ2n) is 7.73. The molecule has 0 saturated carbocycles. The van der Waals surface area contributed by atoms with Crippen LogP contribution in [-0.2, 0) is 4.74 Å². The maximum Gasteiger partial charge on any atom is 0.203 e. The Bertz CT molecular complexity index is 984. The Morgan fingerprint density at radius 2 is 1.33 bits per heavy atom. The number of hydrogen-bond acceptors (Lipinski definition) is 7. The molecule has 1 saturated heterocycles. The van der Waals surface area contributed by atoms with Crippen molar-refractivity contribution in [3.63, 3.8) is 0 Å². The summed E-state index contributed by atoms with van der Waals surface area (Å²) in [5, 5.41) is 10.8. The van der Waals surface area contributed by atoms with Gasteiger partial charge in [0.05, 0.1) is 47.8 Å². The third-order valence-electron chi connectivity index (χ3n) is 6.48. The van der Waals surface area contributed by atoms with Crippen molar-refractivity contribution in [1.82, 2.24) is 0 Å². The van der Waals surface area contributed by atoms with Crippen LogP contribution in [0.3, 0.4) is 0 Å². The minimum absolute atomic E-state index is 0.0476. The minimum atomic E-state index is -0.263. The van der Waals surface area contributed by atoms with Gasteiger partial charge in [0.1, 0.15) is 0 Å². The van der Waals surface area contributed by atoms with Crippen LogP contribution in [0.25, 0.3) is 11.1 Å². The van der Waals surface area contributed by atoms with Gasteiger partial charge >= 0.3 is 0 Å². The molecule has 0 aliphatic carbocycles. The summed E-state index contributed by atoms with van der Waals surface area (Å²) in [4.78, 5) is 0. The van der Waals surface area contributed by atoms with Gasteiger partial charge in [-0.2, -0.15) is 0 Å². The number of methoxy groups -OCH3 is 5. The lowest BCUT2D eigenvalue weighted by Gasteiger charge is -2.28. The van der Waals surface area contributed by atoms with E-state index in [1.165, 1.54) is 14.2 Å².